The van der Waals surface area contributed by atoms with Crippen LogP contribution in [0.4, 0.5) is 0 Å². The van der Waals surface area contributed by atoms with Crippen LogP contribution in [0.5, 0.6) is 5.75 Å². The van der Waals surface area contributed by atoms with E-state index in [9.17, 15) is 14.7 Å². The van der Waals surface area contributed by atoms with E-state index in [2.05, 4.69) is 24.9 Å². The summed E-state index contributed by atoms with van der Waals surface area (Å²) in [6.45, 7) is 4.57. The normalized spacial score (nSPS) is 23.8. The Labute approximate surface area is 149 Å². The third-order valence-corrected chi connectivity index (χ3v) is 4.98. The summed E-state index contributed by atoms with van der Waals surface area (Å²) >= 11 is 0. The molecule has 0 amide bonds. The summed E-state index contributed by atoms with van der Waals surface area (Å²) < 4.78 is 0. The minimum absolute atomic E-state index is 0.121. The molecule has 1 aromatic carbocycles. The lowest BCUT2D eigenvalue weighted by Crippen LogP contribution is -2.37. The molecule has 1 aliphatic heterocycles. The first kappa shape index (κ1) is 19.1. The highest BCUT2D eigenvalue weighted by molar-refractivity contribution is 6.14. The van der Waals surface area contributed by atoms with E-state index in [-0.39, 0.29) is 17.0 Å². The lowest BCUT2D eigenvalue weighted by atomic mass is 9.74. The quantitative estimate of drug-likeness (QED) is 0.838. The largest absolute Gasteiger partial charge is 0.508 e. The maximum atomic E-state index is 10.3. The molecule has 1 aromatic rings. The van der Waals surface area contributed by atoms with E-state index in [0.717, 1.165) is 13.0 Å². The number of likely N-dealkylation sites (N-methyl/N-ethyl adjacent to an activating group) is 1. The molecule has 0 saturated carbocycles. The van der Waals surface area contributed by atoms with E-state index in [1.165, 1.54) is 55.7 Å². The van der Waals surface area contributed by atoms with Gasteiger partial charge in [-0.25, -0.2) is 0 Å². The molecule has 1 unspecified atom stereocenters. The molecule has 134 valence electrons. The maximum absolute atomic E-state index is 10.3. The van der Waals surface area contributed by atoms with Crippen molar-refractivity contribution in [2.24, 2.45) is 0 Å². The second-order valence-corrected chi connectivity index (χ2v) is 6.85. The van der Waals surface area contributed by atoms with Crippen molar-refractivity contribution < 1.29 is 14.7 Å². The number of ketones is 2. The Kier molecular flexibility index (Phi) is 6.71. The van der Waals surface area contributed by atoms with Crippen LogP contribution in [-0.4, -0.2) is 41.7 Å². The van der Waals surface area contributed by atoms with Crippen LogP contribution in [-0.2, 0) is 15.0 Å². The van der Waals surface area contributed by atoms with Crippen molar-refractivity contribution in [2.75, 3.05) is 20.1 Å². The summed E-state index contributed by atoms with van der Waals surface area (Å²) in [5.74, 6) is 0.149. The van der Waals surface area contributed by atoms with E-state index in [0.29, 0.717) is 5.75 Å². The van der Waals surface area contributed by atoms with Crippen LogP contribution in [0, 0.1) is 0 Å². The van der Waals surface area contributed by atoms with Crippen molar-refractivity contribution in [2.45, 2.75) is 38.0 Å². The van der Waals surface area contributed by atoms with E-state index < -0.39 is 0 Å². The Morgan fingerprint density at radius 2 is 1.72 bits per heavy atom. The Hall–Kier alpha value is -2.20. The average Bonchev–Trinajstić information content (AvgIpc) is 2.80. The first-order valence-electron chi connectivity index (χ1n) is 8.87. The van der Waals surface area contributed by atoms with Crippen LogP contribution in [0.15, 0.2) is 48.6 Å². The van der Waals surface area contributed by atoms with Crippen molar-refractivity contribution in [3.63, 3.8) is 0 Å². The highest BCUT2D eigenvalue weighted by Gasteiger charge is 2.33. The van der Waals surface area contributed by atoms with Crippen LogP contribution >= 0.6 is 0 Å². The summed E-state index contributed by atoms with van der Waals surface area (Å²) in [5, 5.41) is 9.68. The number of allylic oxidation sites excluding steroid dienone is 4. The predicted molar refractivity (Wildman–Crippen MR) is 99.7 cm³/mol. The fourth-order valence-corrected chi connectivity index (χ4v) is 3.52. The summed E-state index contributed by atoms with van der Waals surface area (Å²) in [6.07, 6.45) is 9.96. The molecular formula is C21H27NO3. The molecule has 0 bridgehead atoms. The predicted octanol–water partition coefficient (Wildman–Crippen LogP) is 3.41. The zero-order chi connectivity index (χ0) is 18.3. The van der Waals surface area contributed by atoms with Gasteiger partial charge in [0.15, 0.2) is 11.6 Å². The monoisotopic (exact) mass is 341 g/mol. The Morgan fingerprint density at radius 3 is 2.28 bits per heavy atom. The summed E-state index contributed by atoms with van der Waals surface area (Å²) in [6, 6.07) is 7.84. The fraction of sp³-hybridized carbons (Fsp3) is 0.429. The standard InChI is InChI=1S/C15H23NO.C6H4O2/c1-3-15(9-4-5-10-16(2)12-15)13-7-6-8-14(17)11-13;7-5-1-2-6(8)4-3-5/h6-8,11,17H,3-5,9-10,12H2,1-2H3;1-4H. The second-order valence-electron chi connectivity index (χ2n) is 6.85. The highest BCUT2D eigenvalue weighted by Crippen LogP contribution is 2.37. The zero-order valence-electron chi connectivity index (χ0n) is 15.1. The number of phenols is 1. The van der Waals surface area contributed by atoms with Gasteiger partial charge in [0, 0.05) is 12.0 Å². The molecule has 0 spiro atoms. The van der Waals surface area contributed by atoms with Gasteiger partial charge in [-0.15, -0.1) is 0 Å². The van der Waals surface area contributed by atoms with Gasteiger partial charge in [0.1, 0.15) is 5.75 Å². The topological polar surface area (TPSA) is 57.6 Å². The molecule has 1 atom stereocenters. The average molecular weight is 341 g/mol. The number of carbonyl (C=O) groups is 2. The van der Waals surface area contributed by atoms with E-state index in [1.807, 2.05) is 12.1 Å². The van der Waals surface area contributed by atoms with Gasteiger partial charge in [-0.1, -0.05) is 25.5 Å². The van der Waals surface area contributed by atoms with Crippen molar-refractivity contribution in [3.05, 3.63) is 54.1 Å². The van der Waals surface area contributed by atoms with E-state index in [4.69, 9.17) is 0 Å². The summed E-state index contributed by atoms with van der Waals surface area (Å²) in [5.41, 5.74) is 1.53. The molecule has 25 heavy (non-hydrogen) atoms. The van der Waals surface area contributed by atoms with Gasteiger partial charge >= 0.3 is 0 Å². The fourth-order valence-electron chi connectivity index (χ4n) is 3.52. The molecule has 1 aliphatic carbocycles. The van der Waals surface area contributed by atoms with Crippen LogP contribution in [0.25, 0.3) is 0 Å². The smallest absolute Gasteiger partial charge is 0.178 e. The Bertz CT molecular complexity index is 639. The SMILES string of the molecule is CCC1(c2cccc(O)c2)CCCCN(C)C1.O=C1C=CC(=O)C=C1. The molecule has 1 saturated heterocycles. The molecular weight excluding hydrogens is 314 g/mol. The van der Waals surface area contributed by atoms with E-state index >= 15 is 0 Å². The maximum Gasteiger partial charge on any atom is 0.178 e. The molecule has 0 radical (unpaired) electrons. The number of likely N-dealkylation sites (tertiary alicyclic amines) is 1. The zero-order valence-corrected chi connectivity index (χ0v) is 15.1. The highest BCUT2D eigenvalue weighted by atomic mass is 16.3. The molecule has 1 heterocycles. The Balaban J connectivity index is 0.000000236. The minimum Gasteiger partial charge on any atom is -0.508 e. The van der Waals surface area contributed by atoms with Gasteiger partial charge in [0.25, 0.3) is 0 Å². The minimum atomic E-state index is -0.121. The van der Waals surface area contributed by atoms with Crippen LogP contribution in [0.3, 0.4) is 0 Å². The van der Waals surface area contributed by atoms with Gasteiger partial charge in [0.2, 0.25) is 0 Å². The molecule has 1 fully saturated rings. The number of aromatic hydroxyl groups is 1. The van der Waals surface area contributed by atoms with Crippen LogP contribution < -0.4 is 0 Å². The third-order valence-electron chi connectivity index (χ3n) is 4.98. The number of nitrogens with zero attached hydrogens (tertiary/aromatic N) is 1. The van der Waals surface area contributed by atoms with Crippen LogP contribution in [0.1, 0.15) is 38.2 Å². The lowest BCUT2D eigenvalue weighted by Gasteiger charge is -2.35. The number of hydrogen-bond acceptors (Lipinski definition) is 4. The van der Waals surface area contributed by atoms with Gasteiger partial charge < -0.3 is 10.0 Å². The molecule has 4 nitrogen and oxygen atoms in total. The van der Waals surface area contributed by atoms with E-state index in [1.54, 1.807) is 6.07 Å². The van der Waals surface area contributed by atoms with Gasteiger partial charge in [0.05, 0.1) is 0 Å². The first-order chi connectivity index (χ1) is 11.9. The van der Waals surface area contributed by atoms with Crippen LogP contribution in [0.2, 0.25) is 0 Å². The lowest BCUT2D eigenvalue weighted by molar-refractivity contribution is -0.113. The number of benzene rings is 1. The van der Waals surface area contributed by atoms with Gasteiger partial charge in [-0.05, 0) is 74.9 Å². The van der Waals surface area contributed by atoms with Crippen molar-refractivity contribution >= 4 is 11.6 Å². The molecule has 3 rings (SSSR count). The number of phenolic OH excluding ortho intramolecular Hbond substituents is 1. The van der Waals surface area contributed by atoms with Crippen molar-refractivity contribution in [3.8, 4) is 5.75 Å². The number of hydrogen-bond donors (Lipinski definition) is 1. The third kappa shape index (κ3) is 5.40. The van der Waals surface area contributed by atoms with Gasteiger partial charge in [-0.2, -0.15) is 0 Å². The number of rotatable bonds is 2. The summed E-state index contributed by atoms with van der Waals surface area (Å²) in [7, 11) is 2.21. The molecule has 4 heteroatoms. The molecule has 1 N–H and O–H groups in total. The Morgan fingerprint density at radius 1 is 1.08 bits per heavy atom. The van der Waals surface area contributed by atoms with Gasteiger partial charge in [-0.3, -0.25) is 9.59 Å². The number of carbonyl (C=O) groups excluding carboxylic acids is 2. The first-order valence-corrected chi connectivity index (χ1v) is 8.87. The molecule has 2 aliphatic rings. The van der Waals surface area contributed by atoms with Crippen molar-refractivity contribution in [1.82, 2.24) is 4.90 Å². The molecule has 0 aromatic heterocycles. The summed E-state index contributed by atoms with van der Waals surface area (Å²) in [4.78, 5) is 23.0. The second kappa shape index (κ2) is 8.77. The van der Waals surface area contributed by atoms with Crippen molar-refractivity contribution in [1.29, 1.82) is 0 Å².